The highest BCUT2D eigenvalue weighted by molar-refractivity contribution is 6.04. The topological polar surface area (TPSA) is 110 Å². The Hall–Kier alpha value is -3.18. The highest BCUT2D eigenvalue weighted by atomic mass is 19.4. The predicted octanol–water partition coefficient (Wildman–Crippen LogP) is 2.40. The number of nitrogens with zero attached hydrogens (tertiary/aromatic N) is 1. The first kappa shape index (κ1) is 23.0. The average Bonchev–Trinajstić information content (AvgIpc) is 3.15. The molecule has 0 spiro atoms. The van der Waals surface area contributed by atoms with Crippen molar-refractivity contribution >= 4 is 17.5 Å². The summed E-state index contributed by atoms with van der Waals surface area (Å²) in [5.41, 5.74) is 1.69. The number of hydrogen-bond donors (Lipinski definition) is 3. The first-order valence-corrected chi connectivity index (χ1v) is 10.4. The Bertz CT molecular complexity index is 1020. The van der Waals surface area contributed by atoms with Gasteiger partial charge in [0.2, 0.25) is 5.91 Å². The molecule has 0 aliphatic carbocycles. The molecule has 3 heterocycles. The summed E-state index contributed by atoms with van der Waals surface area (Å²) in [6.07, 6.45) is -3.41. The summed E-state index contributed by atoms with van der Waals surface area (Å²) in [5.74, 6) is -0.822. The lowest BCUT2D eigenvalue weighted by Crippen LogP contribution is -2.47. The molecule has 2 aliphatic heterocycles. The Balaban J connectivity index is 1.47. The van der Waals surface area contributed by atoms with Crippen LogP contribution in [0.15, 0.2) is 42.7 Å². The fourth-order valence-corrected chi connectivity index (χ4v) is 4.14. The molecule has 2 amide bonds. The van der Waals surface area contributed by atoms with Crippen molar-refractivity contribution in [3.05, 3.63) is 53.9 Å². The highest BCUT2D eigenvalue weighted by Gasteiger charge is 2.46. The molecule has 0 radical (unpaired) electrons. The van der Waals surface area contributed by atoms with Crippen LogP contribution in [0.3, 0.4) is 0 Å². The van der Waals surface area contributed by atoms with Crippen LogP contribution in [0.2, 0.25) is 0 Å². The molecule has 11 heteroatoms. The van der Waals surface area contributed by atoms with Crippen LogP contribution >= 0.6 is 0 Å². The number of aliphatic hydroxyl groups excluding tert-OH is 1. The Morgan fingerprint density at radius 3 is 2.76 bits per heavy atom. The van der Waals surface area contributed by atoms with Crippen LogP contribution in [0.4, 0.5) is 18.9 Å². The van der Waals surface area contributed by atoms with Gasteiger partial charge in [0.05, 0.1) is 24.7 Å². The van der Waals surface area contributed by atoms with Gasteiger partial charge in [0.25, 0.3) is 5.91 Å². The standard InChI is InChI=1S/C22H22F3N3O5/c23-22(24,25)11-27-19(30)8-14-7-16-15-6-13(28-21(31)12-2-1-5-26-9-12)3-4-17(15)33-20(16)18(10-29)32-14/h1-6,9,14,16,18,20,29H,7-8,10-11H2,(H,27,30)(H,28,31)/t14-,16+,18-,20-/m1/s1. The van der Waals surface area contributed by atoms with Crippen molar-refractivity contribution in [1.82, 2.24) is 10.3 Å². The lowest BCUT2D eigenvalue weighted by molar-refractivity contribution is -0.149. The van der Waals surface area contributed by atoms with E-state index >= 15 is 0 Å². The maximum Gasteiger partial charge on any atom is 0.405 e. The summed E-state index contributed by atoms with van der Waals surface area (Å²) in [6, 6.07) is 8.42. The van der Waals surface area contributed by atoms with Gasteiger partial charge in [-0.3, -0.25) is 14.6 Å². The molecule has 0 saturated carbocycles. The maximum absolute atomic E-state index is 12.4. The first-order chi connectivity index (χ1) is 15.7. The molecule has 3 N–H and O–H groups in total. The van der Waals surface area contributed by atoms with E-state index < -0.39 is 36.9 Å². The van der Waals surface area contributed by atoms with Crippen molar-refractivity contribution in [3.8, 4) is 5.75 Å². The number of aliphatic hydroxyl groups is 1. The van der Waals surface area contributed by atoms with E-state index in [4.69, 9.17) is 9.47 Å². The third-order valence-electron chi connectivity index (χ3n) is 5.58. The first-order valence-electron chi connectivity index (χ1n) is 10.4. The Kier molecular flexibility index (Phi) is 6.52. The number of anilines is 1. The molecule has 0 unspecified atom stereocenters. The van der Waals surface area contributed by atoms with Crippen molar-refractivity contribution in [2.24, 2.45) is 0 Å². The average molecular weight is 465 g/mol. The normalized spacial score (nSPS) is 23.8. The van der Waals surface area contributed by atoms with E-state index in [0.717, 1.165) is 5.56 Å². The molecule has 4 atom stereocenters. The molecule has 4 rings (SSSR count). The summed E-state index contributed by atoms with van der Waals surface area (Å²) in [4.78, 5) is 28.3. The number of benzene rings is 1. The van der Waals surface area contributed by atoms with E-state index in [-0.39, 0.29) is 24.9 Å². The van der Waals surface area contributed by atoms with Gasteiger partial charge < -0.3 is 25.2 Å². The minimum absolute atomic E-state index is 0.262. The van der Waals surface area contributed by atoms with Crippen LogP contribution in [-0.2, 0) is 9.53 Å². The van der Waals surface area contributed by atoms with Gasteiger partial charge in [-0.05, 0) is 36.8 Å². The van der Waals surface area contributed by atoms with Crippen LogP contribution < -0.4 is 15.4 Å². The lowest BCUT2D eigenvalue weighted by Gasteiger charge is -2.37. The fourth-order valence-electron chi connectivity index (χ4n) is 4.14. The number of ether oxygens (including phenoxy) is 2. The molecule has 1 aromatic heterocycles. The lowest BCUT2D eigenvalue weighted by atomic mass is 9.84. The SMILES string of the molecule is O=C(C[C@H]1C[C@H]2c3cc(NC(=O)c4cccnc4)ccc3O[C@H]2[C@@H](CO)O1)NCC(F)(F)F. The van der Waals surface area contributed by atoms with E-state index in [9.17, 15) is 27.9 Å². The summed E-state index contributed by atoms with van der Waals surface area (Å²) in [5, 5.41) is 14.4. The summed E-state index contributed by atoms with van der Waals surface area (Å²) in [7, 11) is 0. The molecule has 176 valence electrons. The van der Waals surface area contributed by atoms with E-state index in [1.807, 2.05) is 5.32 Å². The zero-order chi connectivity index (χ0) is 23.6. The number of hydrogen-bond acceptors (Lipinski definition) is 6. The van der Waals surface area contributed by atoms with Crippen molar-refractivity contribution in [2.75, 3.05) is 18.5 Å². The molecule has 8 nitrogen and oxygen atoms in total. The second-order valence-electron chi connectivity index (χ2n) is 7.95. The number of carbonyl (C=O) groups excluding carboxylic acids is 2. The number of nitrogens with one attached hydrogen (secondary N) is 2. The zero-order valence-electron chi connectivity index (χ0n) is 17.3. The number of halogens is 3. The van der Waals surface area contributed by atoms with Crippen LogP contribution in [0, 0.1) is 0 Å². The maximum atomic E-state index is 12.4. The minimum Gasteiger partial charge on any atom is -0.487 e. The van der Waals surface area contributed by atoms with Crippen molar-refractivity contribution < 1.29 is 37.3 Å². The van der Waals surface area contributed by atoms with Gasteiger partial charge in [-0.1, -0.05) is 0 Å². The molecule has 2 aromatic rings. The molecular formula is C22H22F3N3O5. The summed E-state index contributed by atoms with van der Waals surface area (Å²) < 4.78 is 48.8. The van der Waals surface area contributed by atoms with E-state index in [2.05, 4.69) is 10.3 Å². The molecule has 1 aromatic carbocycles. The van der Waals surface area contributed by atoms with Crippen molar-refractivity contribution in [2.45, 2.75) is 43.2 Å². The van der Waals surface area contributed by atoms with Crippen molar-refractivity contribution in [1.29, 1.82) is 0 Å². The predicted molar refractivity (Wildman–Crippen MR) is 110 cm³/mol. The number of fused-ring (bicyclic) bond motifs is 3. The van der Waals surface area contributed by atoms with Gasteiger partial charge in [-0.15, -0.1) is 0 Å². The third kappa shape index (κ3) is 5.42. The second-order valence-corrected chi connectivity index (χ2v) is 7.95. The Morgan fingerprint density at radius 2 is 2.06 bits per heavy atom. The zero-order valence-corrected chi connectivity index (χ0v) is 17.3. The smallest absolute Gasteiger partial charge is 0.405 e. The number of rotatable bonds is 6. The fraction of sp³-hybridized carbons (Fsp3) is 0.409. The van der Waals surface area contributed by atoms with Crippen LogP contribution in [-0.4, -0.2) is 59.5 Å². The van der Waals surface area contributed by atoms with Gasteiger partial charge in [-0.2, -0.15) is 13.2 Å². The van der Waals surface area contributed by atoms with Crippen molar-refractivity contribution in [3.63, 3.8) is 0 Å². The molecule has 1 saturated heterocycles. The third-order valence-corrected chi connectivity index (χ3v) is 5.58. The Labute approximate surface area is 187 Å². The van der Waals surface area contributed by atoms with Gasteiger partial charge in [0, 0.05) is 29.6 Å². The van der Waals surface area contributed by atoms with E-state index in [1.54, 1.807) is 36.5 Å². The van der Waals surface area contributed by atoms with E-state index in [1.165, 1.54) is 6.20 Å². The quantitative estimate of drug-likeness (QED) is 0.605. The largest absolute Gasteiger partial charge is 0.487 e. The van der Waals surface area contributed by atoms with E-state index in [0.29, 0.717) is 23.4 Å². The van der Waals surface area contributed by atoms with Crippen LogP contribution in [0.5, 0.6) is 5.75 Å². The molecule has 2 aliphatic rings. The van der Waals surface area contributed by atoms with Crippen LogP contribution in [0.25, 0.3) is 0 Å². The summed E-state index contributed by atoms with van der Waals surface area (Å²) in [6.45, 7) is -1.79. The second kappa shape index (κ2) is 9.36. The molecule has 1 fully saturated rings. The van der Waals surface area contributed by atoms with Gasteiger partial charge in [-0.25, -0.2) is 0 Å². The number of pyridine rings is 1. The molecule has 0 bridgehead atoms. The van der Waals surface area contributed by atoms with Gasteiger partial charge in [0.1, 0.15) is 24.5 Å². The van der Waals surface area contributed by atoms with Crippen LogP contribution in [0.1, 0.15) is 34.7 Å². The molecule has 33 heavy (non-hydrogen) atoms. The van der Waals surface area contributed by atoms with Gasteiger partial charge in [0.15, 0.2) is 0 Å². The molecular weight excluding hydrogens is 443 g/mol. The summed E-state index contributed by atoms with van der Waals surface area (Å²) >= 11 is 0. The monoisotopic (exact) mass is 465 g/mol. The highest BCUT2D eigenvalue weighted by Crippen LogP contribution is 2.47. The number of amides is 2. The number of aromatic nitrogens is 1. The Morgan fingerprint density at radius 1 is 1.24 bits per heavy atom. The minimum atomic E-state index is -4.50. The number of carbonyl (C=O) groups is 2. The van der Waals surface area contributed by atoms with Gasteiger partial charge >= 0.3 is 6.18 Å². The number of alkyl halides is 3.